The van der Waals surface area contributed by atoms with E-state index in [1.165, 1.54) is 25.8 Å². The number of morpholine rings is 1. The highest BCUT2D eigenvalue weighted by Crippen LogP contribution is 2.17. The van der Waals surface area contributed by atoms with Gasteiger partial charge < -0.3 is 19.7 Å². The van der Waals surface area contributed by atoms with E-state index in [-0.39, 0.29) is 6.10 Å². The minimum absolute atomic E-state index is 0.257. The first-order valence-corrected chi connectivity index (χ1v) is 6.96. The molecule has 1 N–H and O–H groups in total. The summed E-state index contributed by atoms with van der Waals surface area (Å²) in [5, 5.41) is 3.32. The van der Waals surface area contributed by atoms with Crippen molar-refractivity contribution in [2.75, 3.05) is 46.5 Å². The number of nitrogens with zero attached hydrogens (tertiary/aromatic N) is 1. The van der Waals surface area contributed by atoms with E-state index < -0.39 is 0 Å². The number of likely N-dealkylation sites (tertiary alicyclic amines) is 1. The molecule has 2 heterocycles. The monoisotopic (exact) mass is 242 g/mol. The molecule has 0 aliphatic carbocycles. The van der Waals surface area contributed by atoms with Gasteiger partial charge >= 0.3 is 0 Å². The summed E-state index contributed by atoms with van der Waals surface area (Å²) in [6, 6.07) is 0.731. The summed E-state index contributed by atoms with van der Waals surface area (Å²) in [5.74, 6) is 0. The topological polar surface area (TPSA) is 33.7 Å². The van der Waals surface area contributed by atoms with Crippen LogP contribution in [0.1, 0.15) is 25.7 Å². The Labute approximate surface area is 105 Å². The number of hydrogen-bond acceptors (Lipinski definition) is 4. The molecule has 0 aromatic rings. The lowest BCUT2D eigenvalue weighted by atomic mass is 10.0. The van der Waals surface area contributed by atoms with Crippen LogP contribution in [0, 0.1) is 0 Å². The zero-order valence-electron chi connectivity index (χ0n) is 11.0. The highest BCUT2D eigenvalue weighted by atomic mass is 16.5. The molecule has 0 bridgehead atoms. The maximum absolute atomic E-state index is 5.73. The third kappa shape index (κ3) is 4.54. The molecular formula is C13H26N2O2. The zero-order valence-corrected chi connectivity index (χ0v) is 11.0. The second-order valence-electron chi connectivity index (χ2n) is 5.19. The molecule has 0 amide bonds. The van der Waals surface area contributed by atoms with Crippen LogP contribution in [0.3, 0.4) is 0 Å². The second-order valence-corrected chi connectivity index (χ2v) is 5.19. The summed E-state index contributed by atoms with van der Waals surface area (Å²) in [7, 11) is 2.23. The molecule has 4 nitrogen and oxygen atoms in total. The minimum Gasteiger partial charge on any atom is -0.379 e. The van der Waals surface area contributed by atoms with Crippen molar-refractivity contribution in [2.45, 2.75) is 37.8 Å². The summed E-state index contributed by atoms with van der Waals surface area (Å²) >= 11 is 0. The molecule has 2 unspecified atom stereocenters. The van der Waals surface area contributed by atoms with Crippen LogP contribution in [0.15, 0.2) is 0 Å². The lowest BCUT2D eigenvalue weighted by Crippen LogP contribution is -2.41. The first-order chi connectivity index (χ1) is 8.36. The van der Waals surface area contributed by atoms with Gasteiger partial charge in [0.25, 0.3) is 0 Å². The number of rotatable bonds is 5. The summed E-state index contributed by atoms with van der Waals surface area (Å²) in [4.78, 5) is 2.48. The fourth-order valence-electron chi connectivity index (χ4n) is 2.67. The van der Waals surface area contributed by atoms with Crippen LogP contribution in [0.4, 0.5) is 0 Å². The van der Waals surface area contributed by atoms with Crippen LogP contribution < -0.4 is 5.32 Å². The quantitative estimate of drug-likeness (QED) is 0.725. The Balaban J connectivity index is 1.53. The largest absolute Gasteiger partial charge is 0.379 e. The van der Waals surface area contributed by atoms with Gasteiger partial charge in [-0.1, -0.05) is 6.42 Å². The van der Waals surface area contributed by atoms with Gasteiger partial charge in [0.1, 0.15) is 0 Å². The number of nitrogens with one attached hydrogen (secondary N) is 1. The molecule has 17 heavy (non-hydrogen) atoms. The van der Waals surface area contributed by atoms with Crippen molar-refractivity contribution in [1.29, 1.82) is 0 Å². The van der Waals surface area contributed by atoms with E-state index >= 15 is 0 Å². The second kappa shape index (κ2) is 7.31. The van der Waals surface area contributed by atoms with Crippen LogP contribution in [-0.4, -0.2) is 63.5 Å². The van der Waals surface area contributed by atoms with E-state index in [0.717, 1.165) is 45.4 Å². The van der Waals surface area contributed by atoms with E-state index in [4.69, 9.17) is 9.47 Å². The van der Waals surface area contributed by atoms with Gasteiger partial charge in [-0.05, 0) is 32.9 Å². The Hall–Kier alpha value is -0.160. The molecule has 2 saturated heterocycles. The fraction of sp³-hybridized carbons (Fsp3) is 1.00. The number of piperidine rings is 1. The molecule has 2 atom stereocenters. The SMILES string of the molecule is CN1CCCCC1CCOCC1CNCCO1. The van der Waals surface area contributed by atoms with Crippen molar-refractivity contribution in [2.24, 2.45) is 0 Å². The van der Waals surface area contributed by atoms with Gasteiger partial charge in [0.05, 0.1) is 19.3 Å². The van der Waals surface area contributed by atoms with Gasteiger partial charge in [0.2, 0.25) is 0 Å². The van der Waals surface area contributed by atoms with E-state index in [1.54, 1.807) is 0 Å². The molecule has 0 spiro atoms. The lowest BCUT2D eigenvalue weighted by Gasteiger charge is -2.32. The average Bonchev–Trinajstić information content (AvgIpc) is 2.38. The van der Waals surface area contributed by atoms with Crippen molar-refractivity contribution in [3.05, 3.63) is 0 Å². The average molecular weight is 242 g/mol. The van der Waals surface area contributed by atoms with Gasteiger partial charge in [0.15, 0.2) is 0 Å². The molecule has 2 rings (SSSR count). The maximum atomic E-state index is 5.73. The Morgan fingerprint density at radius 2 is 2.35 bits per heavy atom. The molecule has 0 saturated carbocycles. The maximum Gasteiger partial charge on any atom is 0.0933 e. The Bertz CT molecular complexity index is 208. The van der Waals surface area contributed by atoms with Crippen molar-refractivity contribution in [1.82, 2.24) is 10.2 Å². The standard InChI is InChI=1S/C13H26N2O2/c1-15-7-3-2-4-12(15)5-8-16-11-13-10-14-6-9-17-13/h12-14H,2-11H2,1H3. The molecular weight excluding hydrogens is 216 g/mol. The van der Waals surface area contributed by atoms with E-state index in [9.17, 15) is 0 Å². The predicted octanol–water partition coefficient (Wildman–Crippen LogP) is 0.866. The fourth-order valence-corrected chi connectivity index (χ4v) is 2.67. The molecule has 2 aliphatic heterocycles. The van der Waals surface area contributed by atoms with Crippen LogP contribution in [0.25, 0.3) is 0 Å². The number of hydrogen-bond donors (Lipinski definition) is 1. The molecule has 0 aromatic carbocycles. The third-order valence-electron chi connectivity index (χ3n) is 3.83. The Morgan fingerprint density at radius 1 is 1.41 bits per heavy atom. The van der Waals surface area contributed by atoms with Crippen LogP contribution >= 0.6 is 0 Å². The third-order valence-corrected chi connectivity index (χ3v) is 3.83. The first-order valence-electron chi connectivity index (χ1n) is 6.96. The van der Waals surface area contributed by atoms with Crippen molar-refractivity contribution in [3.8, 4) is 0 Å². The smallest absolute Gasteiger partial charge is 0.0933 e. The molecule has 4 heteroatoms. The first kappa shape index (κ1) is 13.3. The number of ether oxygens (including phenoxy) is 2. The van der Waals surface area contributed by atoms with Crippen LogP contribution in [0.5, 0.6) is 0 Å². The van der Waals surface area contributed by atoms with Gasteiger partial charge in [0, 0.05) is 25.7 Å². The van der Waals surface area contributed by atoms with E-state index in [2.05, 4.69) is 17.3 Å². The van der Waals surface area contributed by atoms with E-state index in [0.29, 0.717) is 0 Å². The molecule has 0 aromatic heterocycles. The van der Waals surface area contributed by atoms with E-state index in [1.807, 2.05) is 0 Å². The van der Waals surface area contributed by atoms with Gasteiger partial charge in [-0.2, -0.15) is 0 Å². The van der Waals surface area contributed by atoms with Gasteiger partial charge in [-0.15, -0.1) is 0 Å². The van der Waals surface area contributed by atoms with Crippen molar-refractivity contribution < 1.29 is 9.47 Å². The molecule has 100 valence electrons. The summed E-state index contributed by atoms with van der Waals surface area (Å²) in [6.07, 6.45) is 5.49. The molecule has 2 fully saturated rings. The summed E-state index contributed by atoms with van der Waals surface area (Å²) < 4.78 is 11.3. The summed E-state index contributed by atoms with van der Waals surface area (Å²) in [5.41, 5.74) is 0. The highest BCUT2D eigenvalue weighted by Gasteiger charge is 2.19. The van der Waals surface area contributed by atoms with Crippen molar-refractivity contribution in [3.63, 3.8) is 0 Å². The van der Waals surface area contributed by atoms with Gasteiger partial charge in [-0.25, -0.2) is 0 Å². The van der Waals surface area contributed by atoms with Crippen molar-refractivity contribution >= 4 is 0 Å². The Kier molecular flexibility index (Phi) is 5.71. The lowest BCUT2D eigenvalue weighted by molar-refractivity contribution is -0.0350. The highest BCUT2D eigenvalue weighted by molar-refractivity contribution is 4.74. The Morgan fingerprint density at radius 3 is 3.12 bits per heavy atom. The predicted molar refractivity (Wildman–Crippen MR) is 68.3 cm³/mol. The molecule has 0 radical (unpaired) electrons. The summed E-state index contributed by atoms with van der Waals surface area (Å²) in [6.45, 7) is 5.59. The van der Waals surface area contributed by atoms with Crippen LogP contribution in [0.2, 0.25) is 0 Å². The zero-order chi connectivity index (χ0) is 11.9. The molecule has 2 aliphatic rings. The van der Waals surface area contributed by atoms with Crippen LogP contribution in [-0.2, 0) is 9.47 Å². The normalized spacial score (nSPS) is 31.6. The van der Waals surface area contributed by atoms with Gasteiger partial charge in [-0.3, -0.25) is 0 Å². The minimum atomic E-state index is 0.257.